The third kappa shape index (κ3) is 3.49. The van der Waals surface area contributed by atoms with Crippen molar-refractivity contribution in [3.63, 3.8) is 0 Å². The first-order valence-electron chi connectivity index (χ1n) is 9.74. The predicted molar refractivity (Wildman–Crippen MR) is 104 cm³/mol. The number of nitrogens with zero attached hydrogens (tertiary/aromatic N) is 3. The van der Waals surface area contributed by atoms with Crippen LogP contribution in [-0.4, -0.2) is 27.7 Å². The van der Waals surface area contributed by atoms with Gasteiger partial charge in [-0.1, -0.05) is 0 Å². The van der Waals surface area contributed by atoms with E-state index in [-0.39, 0.29) is 35.5 Å². The van der Waals surface area contributed by atoms with Crippen LogP contribution < -0.4 is 0 Å². The molecule has 0 fully saturated rings. The van der Waals surface area contributed by atoms with E-state index in [1.165, 1.54) is 10.5 Å². The minimum Gasteiger partial charge on any atom is -0.334 e. The number of halogens is 3. The summed E-state index contributed by atoms with van der Waals surface area (Å²) in [7, 11) is 0. The van der Waals surface area contributed by atoms with Crippen LogP contribution in [0, 0.1) is 23.0 Å². The molecule has 1 aromatic carbocycles. The van der Waals surface area contributed by atoms with Gasteiger partial charge >= 0.3 is 0 Å². The lowest BCUT2D eigenvalue weighted by Crippen LogP contribution is -2.44. The van der Waals surface area contributed by atoms with Crippen molar-refractivity contribution in [2.75, 3.05) is 5.88 Å². The van der Waals surface area contributed by atoms with Crippen molar-refractivity contribution in [3.05, 3.63) is 63.5 Å². The van der Waals surface area contributed by atoms with Crippen LogP contribution in [0.15, 0.2) is 18.5 Å². The molecule has 0 bridgehead atoms. The summed E-state index contributed by atoms with van der Waals surface area (Å²) in [5.41, 5.74) is 3.23. The number of aryl methyl sites for hydroxylation is 1. The number of rotatable bonds is 4. The molecule has 1 amide bonds. The van der Waals surface area contributed by atoms with E-state index in [9.17, 15) is 18.8 Å². The van der Waals surface area contributed by atoms with Gasteiger partial charge in [-0.2, -0.15) is 5.26 Å². The highest BCUT2D eigenvalue weighted by Gasteiger charge is 2.32. The number of hydrogen-bond acceptors (Lipinski definition) is 3. The number of aromatic nitrogens is 1. The smallest absolute Gasteiger partial charge is 0.238 e. The van der Waals surface area contributed by atoms with Crippen molar-refractivity contribution in [1.29, 1.82) is 5.26 Å². The summed E-state index contributed by atoms with van der Waals surface area (Å²) >= 11 is 5.83. The summed E-state index contributed by atoms with van der Waals surface area (Å²) in [6.07, 6.45) is 7.22. The Hall–Kier alpha value is -2.52. The molecule has 0 spiro atoms. The summed E-state index contributed by atoms with van der Waals surface area (Å²) < 4.78 is 29.6. The summed E-state index contributed by atoms with van der Waals surface area (Å²) in [5, 5.41) is 9.67. The van der Waals surface area contributed by atoms with Crippen LogP contribution in [0.3, 0.4) is 0 Å². The van der Waals surface area contributed by atoms with Gasteiger partial charge in [0.1, 0.15) is 5.88 Å². The average Bonchev–Trinajstić information content (AvgIpc) is 3.24. The van der Waals surface area contributed by atoms with Crippen molar-refractivity contribution >= 4 is 17.5 Å². The van der Waals surface area contributed by atoms with E-state index < -0.39 is 11.6 Å². The molecule has 29 heavy (non-hydrogen) atoms. The number of benzene rings is 1. The third-order valence-corrected chi connectivity index (χ3v) is 6.30. The van der Waals surface area contributed by atoms with Gasteiger partial charge in [0.2, 0.25) is 5.91 Å². The standard InChI is InChI=1S/C22H20ClF2N3O/c23-9-20(29)28(15-5-4-13-6-7-27-11-14(13)8-15)12-19-18(10-26)16-2-1-3-17(16)21(24)22(19)25/h6-7,11,15H,1-5,8-9,12H2. The number of fused-ring (bicyclic) bond motifs is 2. The van der Waals surface area contributed by atoms with Crippen LogP contribution in [0.5, 0.6) is 0 Å². The van der Waals surface area contributed by atoms with Gasteiger partial charge in [0.25, 0.3) is 0 Å². The average molecular weight is 416 g/mol. The van der Waals surface area contributed by atoms with Crippen LogP contribution in [0.2, 0.25) is 0 Å². The first-order valence-corrected chi connectivity index (χ1v) is 10.3. The van der Waals surface area contributed by atoms with E-state index in [2.05, 4.69) is 11.1 Å². The van der Waals surface area contributed by atoms with Gasteiger partial charge in [0.05, 0.1) is 18.2 Å². The quantitative estimate of drug-likeness (QED) is 0.713. The van der Waals surface area contributed by atoms with Gasteiger partial charge in [-0.25, -0.2) is 8.78 Å². The second kappa shape index (κ2) is 8.08. The van der Waals surface area contributed by atoms with Gasteiger partial charge in [-0.15, -0.1) is 11.6 Å². The van der Waals surface area contributed by atoms with E-state index in [4.69, 9.17) is 11.6 Å². The number of carbonyl (C=O) groups excluding carboxylic acids is 1. The molecule has 1 unspecified atom stereocenters. The van der Waals surface area contributed by atoms with Gasteiger partial charge in [0, 0.05) is 24.0 Å². The molecule has 2 aromatic rings. The van der Waals surface area contributed by atoms with Crippen LogP contribution in [0.4, 0.5) is 8.78 Å². The largest absolute Gasteiger partial charge is 0.334 e. The summed E-state index contributed by atoms with van der Waals surface area (Å²) in [6.45, 7) is -0.162. The fraction of sp³-hybridized carbons (Fsp3) is 0.409. The first-order chi connectivity index (χ1) is 14.0. The zero-order valence-electron chi connectivity index (χ0n) is 15.9. The molecule has 2 aliphatic carbocycles. The van der Waals surface area contributed by atoms with Crippen LogP contribution >= 0.6 is 11.6 Å². The molecule has 1 atom stereocenters. The van der Waals surface area contributed by atoms with E-state index in [0.29, 0.717) is 43.2 Å². The second-order valence-corrected chi connectivity index (χ2v) is 7.87. The predicted octanol–water partition coefficient (Wildman–Crippen LogP) is 3.85. The highest BCUT2D eigenvalue weighted by molar-refractivity contribution is 6.27. The number of alkyl halides is 1. The van der Waals surface area contributed by atoms with Crippen molar-refractivity contribution in [3.8, 4) is 6.07 Å². The molecule has 0 radical (unpaired) electrons. The van der Waals surface area contributed by atoms with Crippen molar-refractivity contribution < 1.29 is 13.6 Å². The minimum absolute atomic E-state index is 0.0406. The van der Waals surface area contributed by atoms with Crippen LogP contribution in [-0.2, 0) is 37.0 Å². The Labute approximate surface area is 173 Å². The maximum absolute atomic E-state index is 14.9. The molecule has 0 N–H and O–H groups in total. The molecular weight excluding hydrogens is 396 g/mol. The molecule has 4 nitrogen and oxygen atoms in total. The molecule has 2 aliphatic rings. The Bertz CT molecular complexity index is 1020. The fourth-order valence-corrected chi connectivity index (χ4v) is 4.75. The Morgan fingerprint density at radius 3 is 2.79 bits per heavy atom. The zero-order valence-corrected chi connectivity index (χ0v) is 16.6. The normalized spacial score (nSPS) is 17.4. The van der Waals surface area contributed by atoms with Gasteiger partial charge < -0.3 is 4.90 Å². The fourth-order valence-electron chi connectivity index (χ4n) is 4.60. The molecule has 150 valence electrons. The summed E-state index contributed by atoms with van der Waals surface area (Å²) in [5.74, 6) is -2.52. The van der Waals surface area contributed by atoms with Crippen LogP contribution in [0.1, 0.15) is 46.2 Å². The maximum atomic E-state index is 14.9. The summed E-state index contributed by atoms with van der Waals surface area (Å²) in [6, 6.07) is 3.81. The molecule has 0 saturated carbocycles. The zero-order chi connectivity index (χ0) is 20.5. The summed E-state index contributed by atoms with van der Waals surface area (Å²) in [4.78, 5) is 18.3. The second-order valence-electron chi connectivity index (χ2n) is 7.60. The minimum atomic E-state index is -1.02. The van der Waals surface area contributed by atoms with Gasteiger partial charge in [-0.3, -0.25) is 9.78 Å². The van der Waals surface area contributed by atoms with E-state index in [0.717, 1.165) is 12.0 Å². The molecule has 7 heteroatoms. The maximum Gasteiger partial charge on any atom is 0.238 e. The highest BCUT2D eigenvalue weighted by atomic mass is 35.5. The molecule has 0 saturated heterocycles. The lowest BCUT2D eigenvalue weighted by Gasteiger charge is -2.35. The molecular formula is C22H20ClF2N3O. The molecule has 1 aromatic heterocycles. The van der Waals surface area contributed by atoms with E-state index in [1.54, 1.807) is 12.4 Å². The van der Waals surface area contributed by atoms with Crippen molar-refractivity contribution in [2.45, 2.75) is 51.1 Å². The van der Waals surface area contributed by atoms with Gasteiger partial charge in [0.15, 0.2) is 11.6 Å². The van der Waals surface area contributed by atoms with E-state index in [1.807, 2.05) is 6.07 Å². The molecule has 0 aliphatic heterocycles. The molecule has 4 rings (SSSR count). The lowest BCUT2D eigenvalue weighted by molar-refractivity contribution is -0.131. The third-order valence-electron chi connectivity index (χ3n) is 6.07. The van der Waals surface area contributed by atoms with Crippen LogP contribution in [0.25, 0.3) is 0 Å². The number of hydrogen-bond donors (Lipinski definition) is 0. The Morgan fingerprint density at radius 2 is 2.03 bits per heavy atom. The van der Waals surface area contributed by atoms with E-state index >= 15 is 0 Å². The Morgan fingerprint density at radius 1 is 1.24 bits per heavy atom. The topological polar surface area (TPSA) is 57.0 Å². The first kappa shape index (κ1) is 19.8. The Balaban J connectivity index is 1.72. The Kier molecular flexibility index (Phi) is 5.51. The van der Waals surface area contributed by atoms with Crippen molar-refractivity contribution in [2.24, 2.45) is 0 Å². The lowest BCUT2D eigenvalue weighted by atomic mass is 9.88. The van der Waals surface area contributed by atoms with Gasteiger partial charge in [-0.05, 0) is 66.8 Å². The highest BCUT2D eigenvalue weighted by Crippen LogP contribution is 2.34. The SMILES string of the molecule is N#Cc1c(CN(C(=O)CCl)C2CCc3ccncc3C2)c(F)c(F)c2c1CCC2. The monoisotopic (exact) mass is 415 g/mol. The number of amides is 1. The number of pyridine rings is 1. The number of carbonyl (C=O) groups is 1. The van der Waals surface area contributed by atoms with Crippen molar-refractivity contribution in [1.82, 2.24) is 9.88 Å². The molecule has 1 heterocycles. The number of nitriles is 1.